The van der Waals surface area contributed by atoms with E-state index in [1.165, 1.54) is 5.52 Å². The molecule has 1 N–H and O–H groups in total. The van der Waals surface area contributed by atoms with E-state index in [4.69, 9.17) is 11.6 Å². The highest BCUT2D eigenvalue weighted by Gasteiger charge is 2.23. The van der Waals surface area contributed by atoms with E-state index in [9.17, 15) is 4.79 Å². The fraction of sp³-hybridized carbons (Fsp3) is 0.300. The van der Waals surface area contributed by atoms with E-state index in [0.717, 1.165) is 43.7 Å². The summed E-state index contributed by atoms with van der Waals surface area (Å²) in [5.74, 6) is 0.558. The largest absolute Gasteiger partial charge is 0.330 e. The van der Waals surface area contributed by atoms with Crippen molar-refractivity contribution >= 4 is 34.4 Å². The number of rotatable bonds is 3. The lowest BCUT2D eigenvalue weighted by atomic mass is 9.97. The molecular formula is C20H21ClN4O. The van der Waals surface area contributed by atoms with E-state index in [0.29, 0.717) is 10.9 Å². The van der Waals surface area contributed by atoms with Gasteiger partial charge >= 0.3 is 6.03 Å². The highest BCUT2D eigenvalue weighted by atomic mass is 35.5. The molecule has 0 radical (unpaired) electrons. The first-order chi connectivity index (χ1) is 12.7. The molecule has 0 aliphatic carbocycles. The van der Waals surface area contributed by atoms with Crippen molar-refractivity contribution in [1.29, 1.82) is 0 Å². The maximum atomic E-state index is 12.4. The fourth-order valence-electron chi connectivity index (χ4n) is 3.52. The monoisotopic (exact) mass is 368 g/mol. The molecule has 2 amide bonds. The molecule has 3 aromatic rings. The minimum atomic E-state index is -0.0567. The summed E-state index contributed by atoms with van der Waals surface area (Å²) >= 11 is 5.97. The van der Waals surface area contributed by atoms with Crippen LogP contribution in [0, 0.1) is 5.92 Å². The third-order valence-electron chi connectivity index (χ3n) is 4.96. The molecule has 0 atom stereocenters. The molecule has 134 valence electrons. The van der Waals surface area contributed by atoms with Gasteiger partial charge in [-0.15, -0.1) is 0 Å². The van der Waals surface area contributed by atoms with Crippen LogP contribution < -0.4 is 5.32 Å². The summed E-state index contributed by atoms with van der Waals surface area (Å²) in [4.78, 5) is 18.8. The standard InChI is InChI=1S/C20H21ClN4O/c21-16-4-3-5-17(12-16)23-20(26)24-10-8-15(9-11-24)13-25-14-22-18-6-1-2-7-19(18)25/h1-7,12,14-15H,8-11,13H2,(H,23,26). The van der Waals surface area contributed by atoms with Crippen LogP contribution in [0.4, 0.5) is 10.5 Å². The number of hydrogen-bond acceptors (Lipinski definition) is 2. The lowest BCUT2D eigenvalue weighted by molar-refractivity contribution is 0.177. The minimum absolute atomic E-state index is 0.0567. The van der Waals surface area contributed by atoms with Crippen molar-refractivity contribution in [1.82, 2.24) is 14.5 Å². The fourth-order valence-corrected chi connectivity index (χ4v) is 3.71. The molecule has 4 rings (SSSR count). The quantitative estimate of drug-likeness (QED) is 0.732. The highest BCUT2D eigenvalue weighted by molar-refractivity contribution is 6.30. The van der Waals surface area contributed by atoms with Gasteiger partial charge in [0.15, 0.2) is 0 Å². The molecule has 0 bridgehead atoms. The van der Waals surface area contributed by atoms with Gasteiger partial charge in [-0.1, -0.05) is 29.8 Å². The molecule has 2 aromatic carbocycles. The number of hydrogen-bond donors (Lipinski definition) is 1. The number of nitrogens with zero attached hydrogens (tertiary/aromatic N) is 3. The van der Waals surface area contributed by atoms with E-state index >= 15 is 0 Å². The molecule has 1 aliphatic rings. The van der Waals surface area contributed by atoms with Gasteiger partial charge in [-0.25, -0.2) is 9.78 Å². The van der Waals surface area contributed by atoms with Crippen molar-refractivity contribution < 1.29 is 4.79 Å². The first kappa shape index (κ1) is 16.9. The van der Waals surface area contributed by atoms with Crippen molar-refractivity contribution in [2.45, 2.75) is 19.4 Å². The zero-order chi connectivity index (χ0) is 17.9. The smallest absolute Gasteiger partial charge is 0.321 e. The van der Waals surface area contributed by atoms with Crippen LogP contribution in [-0.4, -0.2) is 33.6 Å². The number of anilines is 1. The first-order valence-electron chi connectivity index (χ1n) is 8.90. The number of carbonyl (C=O) groups excluding carboxylic acids is 1. The normalized spacial score (nSPS) is 15.3. The number of imidazole rings is 1. The van der Waals surface area contributed by atoms with Crippen molar-refractivity contribution in [3.05, 3.63) is 59.9 Å². The van der Waals surface area contributed by atoms with Crippen LogP contribution in [0.5, 0.6) is 0 Å². The van der Waals surface area contributed by atoms with Gasteiger partial charge in [0.2, 0.25) is 0 Å². The Morgan fingerprint density at radius 3 is 2.77 bits per heavy atom. The Bertz CT molecular complexity index is 915. The van der Waals surface area contributed by atoms with Gasteiger partial charge in [-0.2, -0.15) is 0 Å². The molecule has 0 spiro atoms. The summed E-state index contributed by atoms with van der Waals surface area (Å²) in [6.45, 7) is 2.48. The minimum Gasteiger partial charge on any atom is -0.330 e. The summed E-state index contributed by atoms with van der Waals surface area (Å²) in [7, 11) is 0. The van der Waals surface area contributed by atoms with Gasteiger partial charge in [-0.3, -0.25) is 0 Å². The summed E-state index contributed by atoms with van der Waals surface area (Å²) in [5, 5.41) is 3.54. The van der Waals surface area contributed by atoms with Gasteiger partial charge in [0.25, 0.3) is 0 Å². The Hall–Kier alpha value is -2.53. The Kier molecular flexibility index (Phi) is 4.80. The van der Waals surface area contributed by atoms with Crippen LogP contribution >= 0.6 is 11.6 Å². The van der Waals surface area contributed by atoms with Gasteiger partial charge in [0, 0.05) is 30.3 Å². The number of nitrogens with one attached hydrogen (secondary N) is 1. The topological polar surface area (TPSA) is 50.2 Å². The molecule has 1 aliphatic heterocycles. The van der Waals surface area contributed by atoms with Crippen LogP contribution in [0.25, 0.3) is 11.0 Å². The second-order valence-corrected chi connectivity index (χ2v) is 7.19. The van der Waals surface area contributed by atoms with Crippen molar-refractivity contribution in [3.8, 4) is 0 Å². The molecule has 1 aromatic heterocycles. The van der Waals surface area contributed by atoms with E-state index in [2.05, 4.69) is 20.9 Å². The maximum absolute atomic E-state index is 12.4. The Morgan fingerprint density at radius 1 is 1.15 bits per heavy atom. The highest BCUT2D eigenvalue weighted by Crippen LogP contribution is 2.23. The van der Waals surface area contributed by atoms with Crippen molar-refractivity contribution in [2.75, 3.05) is 18.4 Å². The number of piperidine rings is 1. The summed E-state index contributed by atoms with van der Waals surface area (Å²) in [5.41, 5.74) is 2.94. The molecule has 5 nitrogen and oxygen atoms in total. The second-order valence-electron chi connectivity index (χ2n) is 6.76. The van der Waals surface area contributed by atoms with E-state index in [1.54, 1.807) is 12.1 Å². The van der Waals surface area contributed by atoms with Crippen molar-refractivity contribution in [3.63, 3.8) is 0 Å². The van der Waals surface area contributed by atoms with Crippen LogP contribution in [-0.2, 0) is 6.54 Å². The van der Waals surface area contributed by atoms with Crippen LogP contribution in [0.2, 0.25) is 5.02 Å². The third-order valence-corrected chi connectivity index (χ3v) is 5.19. The number of urea groups is 1. The molecular weight excluding hydrogens is 348 g/mol. The van der Waals surface area contributed by atoms with E-state index in [1.807, 2.05) is 41.6 Å². The van der Waals surface area contributed by atoms with Crippen LogP contribution in [0.3, 0.4) is 0 Å². The third kappa shape index (κ3) is 3.68. The summed E-state index contributed by atoms with van der Waals surface area (Å²) in [6.07, 6.45) is 3.91. The number of para-hydroxylation sites is 2. The Balaban J connectivity index is 1.33. The predicted molar refractivity (Wildman–Crippen MR) is 105 cm³/mol. The number of carbonyl (C=O) groups is 1. The predicted octanol–water partition coefficient (Wildman–Crippen LogP) is 4.63. The molecule has 1 saturated heterocycles. The second kappa shape index (κ2) is 7.38. The van der Waals surface area contributed by atoms with Gasteiger partial charge in [-0.05, 0) is 49.1 Å². The Labute approximate surface area is 157 Å². The molecule has 26 heavy (non-hydrogen) atoms. The average Bonchev–Trinajstić information content (AvgIpc) is 3.05. The van der Waals surface area contributed by atoms with E-state index < -0.39 is 0 Å². The zero-order valence-corrected chi connectivity index (χ0v) is 15.2. The van der Waals surface area contributed by atoms with Crippen molar-refractivity contribution in [2.24, 2.45) is 5.92 Å². The Morgan fingerprint density at radius 2 is 1.96 bits per heavy atom. The number of amides is 2. The number of likely N-dealkylation sites (tertiary alicyclic amines) is 1. The number of fused-ring (bicyclic) bond motifs is 1. The maximum Gasteiger partial charge on any atom is 0.321 e. The molecule has 2 heterocycles. The van der Waals surface area contributed by atoms with Crippen LogP contribution in [0.15, 0.2) is 54.9 Å². The number of aromatic nitrogens is 2. The van der Waals surface area contributed by atoms with Gasteiger partial charge < -0.3 is 14.8 Å². The first-order valence-corrected chi connectivity index (χ1v) is 9.28. The SMILES string of the molecule is O=C(Nc1cccc(Cl)c1)N1CCC(Cn2cnc3ccccc32)CC1. The van der Waals surface area contributed by atoms with Crippen LogP contribution in [0.1, 0.15) is 12.8 Å². The molecule has 0 saturated carbocycles. The lowest BCUT2D eigenvalue weighted by Gasteiger charge is -2.32. The molecule has 0 unspecified atom stereocenters. The zero-order valence-electron chi connectivity index (χ0n) is 14.4. The van der Waals surface area contributed by atoms with E-state index in [-0.39, 0.29) is 6.03 Å². The molecule has 6 heteroatoms. The van der Waals surface area contributed by atoms with Gasteiger partial charge in [0.05, 0.1) is 17.4 Å². The molecule has 1 fully saturated rings. The summed E-state index contributed by atoms with van der Waals surface area (Å²) < 4.78 is 2.22. The summed E-state index contributed by atoms with van der Waals surface area (Å²) in [6, 6.07) is 15.4. The number of benzene rings is 2. The lowest BCUT2D eigenvalue weighted by Crippen LogP contribution is -2.41. The average molecular weight is 369 g/mol. The number of halogens is 1. The van der Waals surface area contributed by atoms with Gasteiger partial charge in [0.1, 0.15) is 0 Å².